The molecule has 0 bridgehead atoms. The van der Waals surface area contributed by atoms with Crippen LogP contribution in [0.3, 0.4) is 0 Å². The number of rotatable bonds is 2. The summed E-state index contributed by atoms with van der Waals surface area (Å²) in [5, 5.41) is 0. The van der Waals surface area contributed by atoms with Crippen molar-refractivity contribution >= 4 is 35.2 Å². The lowest BCUT2D eigenvalue weighted by Gasteiger charge is -2.23. The van der Waals surface area contributed by atoms with Gasteiger partial charge in [0.05, 0.1) is 10.1 Å². The van der Waals surface area contributed by atoms with Crippen LogP contribution < -0.4 is 0 Å². The van der Waals surface area contributed by atoms with Crippen molar-refractivity contribution in [2.24, 2.45) is 0 Å². The van der Waals surface area contributed by atoms with E-state index in [2.05, 4.69) is 0 Å². The molecule has 0 saturated carbocycles. The van der Waals surface area contributed by atoms with Crippen LogP contribution in [0.2, 0.25) is 0 Å². The molecule has 2 saturated heterocycles. The van der Waals surface area contributed by atoms with Crippen LogP contribution in [-0.2, 0) is 9.59 Å². The van der Waals surface area contributed by atoms with Crippen molar-refractivity contribution in [2.75, 3.05) is 18.1 Å². The van der Waals surface area contributed by atoms with Gasteiger partial charge in [0, 0.05) is 30.9 Å². The first-order valence-electron chi connectivity index (χ1n) is 5.66. The number of Topliss-reactive ketones (excluding diaryl/α,β-unsaturated/α-hetero) is 1. The average Bonchev–Trinajstić information content (AvgIpc) is 2.86. The lowest BCUT2D eigenvalue weighted by molar-refractivity contribution is -0.136. The van der Waals surface area contributed by atoms with E-state index in [4.69, 9.17) is 0 Å². The van der Waals surface area contributed by atoms with Crippen molar-refractivity contribution in [3.8, 4) is 0 Å². The maximum atomic E-state index is 11.8. The molecule has 5 heteroatoms. The van der Waals surface area contributed by atoms with Gasteiger partial charge in [0.2, 0.25) is 5.91 Å². The van der Waals surface area contributed by atoms with Gasteiger partial charge in [0.15, 0.2) is 5.78 Å². The van der Waals surface area contributed by atoms with Crippen LogP contribution in [0, 0.1) is 0 Å². The van der Waals surface area contributed by atoms with Gasteiger partial charge in [0.1, 0.15) is 0 Å². The van der Waals surface area contributed by atoms with Gasteiger partial charge in [-0.2, -0.15) is 0 Å². The average molecular weight is 259 g/mol. The summed E-state index contributed by atoms with van der Waals surface area (Å²) in [4.78, 5) is 25.2. The number of amides is 1. The predicted molar refractivity (Wildman–Crippen MR) is 68.7 cm³/mol. The lowest BCUT2D eigenvalue weighted by Crippen LogP contribution is -2.39. The lowest BCUT2D eigenvalue weighted by atomic mass is 10.1. The Kier molecular flexibility index (Phi) is 3.54. The van der Waals surface area contributed by atoms with Crippen molar-refractivity contribution in [3.63, 3.8) is 0 Å². The SMILES string of the molecule is CCC(=O)N1CC2(C[C@H]1C(C)=O)SCCS2. The molecule has 0 aromatic carbocycles. The van der Waals surface area contributed by atoms with Crippen LogP contribution in [0.1, 0.15) is 26.7 Å². The number of hydrogen-bond donors (Lipinski definition) is 0. The molecule has 2 aliphatic rings. The molecular formula is C11H17NO2S2. The second-order valence-electron chi connectivity index (χ2n) is 4.31. The Morgan fingerprint density at radius 3 is 2.50 bits per heavy atom. The number of hydrogen-bond acceptors (Lipinski definition) is 4. The van der Waals surface area contributed by atoms with Crippen LogP contribution in [-0.4, -0.2) is 44.8 Å². The van der Waals surface area contributed by atoms with E-state index in [1.807, 2.05) is 30.4 Å². The fraction of sp³-hybridized carbons (Fsp3) is 0.818. The molecule has 0 aromatic heterocycles. The molecule has 1 amide bonds. The molecule has 0 N–H and O–H groups in total. The highest BCUT2D eigenvalue weighted by Gasteiger charge is 2.49. The number of carbonyl (C=O) groups is 2. The molecule has 0 aliphatic carbocycles. The molecule has 0 radical (unpaired) electrons. The van der Waals surface area contributed by atoms with Crippen molar-refractivity contribution < 1.29 is 9.59 Å². The fourth-order valence-corrected chi connectivity index (χ4v) is 5.63. The highest BCUT2D eigenvalue weighted by molar-refractivity contribution is 8.21. The summed E-state index contributed by atoms with van der Waals surface area (Å²) in [6.45, 7) is 4.21. The molecule has 1 spiro atoms. The maximum Gasteiger partial charge on any atom is 0.222 e. The van der Waals surface area contributed by atoms with Crippen LogP contribution in [0.5, 0.6) is 0 Å². The zero-order valence-electron chi connectivity index (χ0n) is 9.69. The minimum absolute atomic E-state index is 0.112. The standard InChI is InChI=1S/C11H17NO2S2/c1-3-10(14)12-7-11(15-4-5-16-11)6-9(12)8(2)13/h9H,3-7H2,1-2H3/t9-/m0/s1. The van der Waals surface area contributed by atoms with Gasteiger partial charge >= 0.3 is 0 Å². The van der Waals surface area contributed by atoms with Gasteiger partial charge in [0.25, 0.3) is 0 Å². The summed E-state index contributed by atoms with van der Waals surface area (Å²) >= 11 is 3.84. The molecule has 2 aliphatic heterocycles. The Bertz CT molecular complexity index is 313. The number of carbonyl (C=O) groups excluding carboxylic acids is 2. The number of ketones is 1. The molecule has 90 valence electrons. The molecule has 3 nitrogen and oxygen atoms in total. The van der Waals surface area contributed by atoms with E-state index in [9.17, 15) is 9.59 Å². The minimum atomic E-state index is -0.175. The quantitative estimate of drug-likeness (QED) is 0.757. The van der Waals surface area contributed by atoms with Gasteiger partial charge in [-0.1, -0.05) is 6.92 Å². The summed E-state index contributed by atoms with van der Waals surface area (Å²) in [7, 11) is 0. The van der Waals surface area contributed by atoms with Gasteiger partial charge < -0.3 is 4.90 Å². The molecule has 1 atom stereocenters. The second-order valence-corrected chi connectivity index (χ2v) is 7.53. The van der Waals surface area contributed by atoms with Crippen molar-refractivity contribution in [1.82, 2.24) is 4.90 Å². The molecule has 0 aromatic rings. The zero-order chi connectivity index (χ0) is 11.8. The first-order valence-corrected chi connectivity index (χ1v) is 7.63. The zero-order valence-corrected chi connectivity index (χ0v) is 11.3. The van der Waals surface area contributed by atoms with E-state index in [1.165, 1.54) is 0 Å². The monoisotopic (exact) mass is 259 g/mol. The molecular weight excluding hydrogens is 242 g/mol. The molecule has 2 heterocycles. The third-order valence-corrected chi connectivity index (χ3v) is 6.62. The van der Waals surface area contributed by atoms with Gasteiger partial charge in [-0.3, -0.25) is 9.59 Å². The highest BCUT2D eigenvalue weighted by Crippen LogP contribution is 2.51. The van der Waals surface area contributed by atoms with E-state index >= 15 is 0 Å². The molecule has 2 rings (SSSR count). The van der Waals surface area contributed by atoms with E-state index in [1.54, 1.807) is 11.8 Å². The van der Waals surface area contributed by atoms with Crippen LogP contribution in [0.15, 0.2) is 0 Å². The molecule has 2 fully saturated rings. The Balaban J connectivity index is 2.17. The smallest absolute Gasteiger partial charge is 0.222 e. The first kappa shape index (κ1) is 12.3. The van der Waals surface area contributed by atoms with E-state index in [-0.39, 0.29) is 21.8 Å². The number of thioether (sulfide) groups is 2. The van der Waals surface area contributed by atoms with E-state index < -0.39 is 0 Å². The topological polar surface area (TPSA) is 37.4 Å². The van der Waals surface area contributed by atoms with Gasteiger partial charge in [-0.05, 0) is 6.92 Å². The third kappa shape index (κ3) is 2.12. The van der Waals surface area contributed by atoms with Crippen LogP contribution in [0.4, 0.5) is 0 Å². The summed E-state index contributed by atoms with van der Waals surface area (Å²) < 4.78 is 0.112. The summed E-state index contributed by atoms with van der Waals surface area (Å²) in [6.07, 6.45) is 1.33. The fourth-order valence-electron chi connectivity index (χ4n) is 2.37. The predicted octanol–water partition coefficient (Wildman–Crippen LogP) is 1.76. The summed E-state index contributed by atoms with van der Waals surface area (Å²) in [5.41, 5.74) is 0. The number of nitrogens with zero attached hydrogens (tertiary/aromatic N) is 1. The van der Waals surface area contributed by atoms with Crippen molar-refractivity contribution in [2.45, 2.75) is 36.8 Å². The highest BCUT2D eigenvalue weighted by atomic mass is 32.2. The Morgan fingerprint density at radius 2 is 2.00 bits per heavy atom. The first-order chi connectivity index (χ1) is 7.58. The summed E-state index contributed by atoms with van der Waals surface area (Å²) in [6, 6.07) is -0.175. The van der Waals surface area contributed by atoms with E-state index in [0.717, 1.165) is 24.5 Å². The Hall–Kier alpha value is -0.160. The Labute approximate surface area is 105 Å². The second kappa shape index (κ2) is 4.61. The normalized spacial score (nSPS) is 27.6. The van der Waals surface area contributed by atoms with Crippen molar-refractivity contribution in [1.29, 1.82) is 0 Å². The summed E-state index contributed by atoms with van der Waals surface area (Å²) in [5.74, 6) is 2.53. The maximum absolute atomic E-state index is 11.8. The van der Waals surface area contributed by atoms with E-state index in [0.29, 0.717) is 6.42 Å². The third-order valence-electron chi connectivity index (χ3n) is 3.20. The minimum Gasteiger partial charge on any atom is -0.330 e. The van der Waals surface area contributed by atoms with Gasteiger partial charge in [-0.15, -0.1) is 23.5 Å². The molecule has 0 unspecified atom stereocenters. The molecule has 16 heavy (non-hydrogen) atoms. The van der Waals surface area contributed by atoms with Gasteiger partial charge in [-0.25, -0.2) is 0 Å². The van der Waals surface area contributed by atoms with Crippen LogP contribution >= 0.6 is 23.5 Å². The Morgan fingerprint density at radius 1 is 1.38 bits per heavy atom. The van der Waals surface area contributed by atoms with Crippen molar-refractivity contribution in [3.05, 3.63) is 0 Å². The van der Waals surface area contributed by atoms with Crippen LogP contribution in [0.25, 0.3) is 0 Å². The number of likely N-dealkylation sites (tertiary alicyclic amines) is 1. The largest absolute Gasteiger partial charge is 0.330 e.